The summed E-state index contributed by atoms with van der Waals surface area (Å²) in [6.07, 6.45) is 4.90. The Hall–Kier alpha value is -2.34. The monoisotopic (exact) mass is 355 g/mol. The molecule has 0 bridgehead atoms. The first-order chi connectivity index (χ1) is 12.7. The summed E-state index contributed by atoms with van der Waals surface area (Å²) in [6.45, 7) is 8.22. The first kappa shape index (κ1) is 18.5. The molecule has 0 spiro atoms. The van der Waals surface area contributed by atoms with Crippen molar-refractivity contribution in [2.75, 3.05) is 32.8 Å². The maximum atomic E-state index is 5.95. The number of aromatic nitrogens is 2. The van der Waals surface area contributed by atoms with Crippen LogP contribution in [0.15, 0.2) is 41.7 Å². The molecule has 1 saturated heterocycles. The minimum Gasteiger partial charge on any atom is -0.370 e. The Morgan fingerprint density at radius 1 is 1.42 bits per heavy atom. The second kappa shape index (κ2) is 8.85. The van der Waals surface area contributed by atoms with E-state index < -0.39 is 0 Å². The van der Waals surface area contributed by atoms with E-state index >= 15 is 0 Å². The molecule has 26 heavy (non-hydrogen) atoms. The highest BCUT2D eigenvalue weighted by atomic mass is 16.5. The summed E-state index contributed by atoms with van der Waals surface area (Å²) in [7, 11) is 1.93. The predicted octanol–water partition coefficient (Wildman–Crippen LogP) is 2.31. The number of benzene rings is 1. The molecule has 2 aromatic rings. The summed E-state index contributed by atoms with van der Waals surface area (Å²) in [5, 5.41) is 7.69. The van der Waals surface area contributed by atoms with Gasteiger partial charge in [-0.3, -0.25) is 9.67 Å². The molecule has 1 aromatic heterocycles. The minimum absolute atomic E-state index is 0.0399. The Morgan fingerprint density at radius 3 is 3.04 bits per heavy atom. The molecule has 2 heterocycles. The zero-order valence-electron chi connectivity index (χ0n) is 16.0. The molecule has 3 rings (SSSR count). The molecule has 6 heteroatoms. The predicted molar refractivity (Wildman–Crippen MR) is 104 cm³/mol. The van der Waals surface area contributed by atoms with Crippen LogP contribution in [0.2, 0.25) is 0 Å². The molecule has 1 aromatic carbocycles. The molecule has 6 nitrogen and oxygen atoms in total. The number of hydrogen-bond donors (Lipinski definition) is 1. The zero-order chi connectivity index (χ0) is 18.4. The van der Waals surface area contributed by atoms with Gasteiger partial charge in [-0.1, -0.05) is 29.8 Å². The number of ether oxygens (including phenoxy) is 1. The molecule has 1 fully saturated rings. The van der Waals surface area contributed by atoms with Crippen molar-refractivity contribution < 1.29 is 4.74 Å². The van der Waals surface area contributed by atoms with E-state index in [2.05, 4.69) is 53.4 Å². The molecule has 1 unspecified atom stereocenters. The highest BCUT2D eigenvalue weighted by Gasteiger charge is 2.25. The lowest BCUT2D eigenvalue weighted by Gasteiger charge is -2.34. The van der Waals surface area contributed by atoms with Crippen molar-refractivity contribution in [3.63, 3.8) is 0 Å². The third-order valence-electron chi connectivity index (χ3n) is 4.54. The number of aliphatic imine (C=N–C) groups is 1. The number of nitrogens with zero attached hydrogens (tertiary/aromatic N) is 4. The van der Waals surface area contributed by atoms with Crippen LogP contribution in [0, 0.1) is 6.92 Å². The highest BCUT2D eigenvalue weighted by molar-refractivity contribution is 5.80. The summed E-state index contributed by atoms with van der Waals surface area (Å²) >= 11 is 0. The van der Waals surface area contributed by atoms with Gasteiger partial charge in [0.15, 0.2) is 5.96 Å². The number of hydrogen-bond acceptors (Lipinski definition) is 3. The zero-order valence-corrected chi connectivity index (χ0v) is 16.0. The smallest absolute Gasteiger partial charge is 0.194 e. The van der Waals surface area contributed by atoms with Crippen molar-refractivity contribution in [2.45, 2.75) is 26.4 Å². The van der Waals surface area contributed by atoms with Crippen LogP contribution in [-0.4, -0.2) is 53.4 Å². The maximum Gasteiger partial charge on any atom is 0.194 e. The topological polar surface area (TPSA) is 54.7 Å². The Labute approximate surface area is 155 Å². The SMILES string of the molecule is CCNC(=NCCc1cccc(C)c1)N1CCOC(c2cnn(C)c2)C1. The fourth-order valence-corrected chi connectivity index (χ4v) is 3.23. The van der Waals surface area contributed by atoms with E-state index in [1.807, 2.05) is 24.1 Å². The van der Waals surface area contributed by atoms with Gasteiger partial charge in [-0.15, -0.1) is 0 Å². The Kier molecular flexibility index (Phi) is 6.28. The fourth-order valence-electron chi connectivity index (χ4n) is 3.23. The van der Waals surface area contributed by atoms with E-state index in [-0.39, 0.29) is 6.10 Å². The van der Waals surface area contributed by atoms with E-state index in [0.29, 0.717) is 6.61 Å². The van der Waals surface area contributed by atoms with Crippen molar-refractivity contribution in [1.82, 2.24) is 20.0 Å². The molecule has 1 N–H and O–H groups in total. The second-order valence-corrected chi connectivity index (χ2v) is 6.73. The summed E-state index contributed by atoms with van der Waals surface area (Å²) < 4.78 is 7.76. The molecular formula is C20H29N5O. The summed E-state index contributed by atoms with van der Waals surface area (Å²) in [5.41, 5.74) is 3.75. The van der Waals surface area contributed by atoms with Crippen LogP contribution in [0.5, 0.6) is 0 Å². The molecule has 1 atom stereocenters. The van der Waals surface area contributed by atoms with Crippen molar-refractivity contribution in [3.05, 3.63) is 53.3 Å². The van der Waals surface area contributed by atoms with Gasteiger partial charge in [0.1, 0.15) is 6.10 Å². The standard InChI is InChI=1S/C20H29N5O/c1-4-21-20(22-9-8-17-7-5-6-16(2)12-17)25-10-11-26-19(15-25)18-13-23-24(3)14-18/h5-7,12-14,19H,4,8-11,15H2,1-3H3,(H,21,22). The van der Waals surface area contributed by atoms with Crippen molar-refractivity contribution >= 4 is 5.96 Å². The maximum absolute atomic E-state index is 5.95. The lowest BCUT2D eigenvalue weighted by atomic mass is 10.1. The molecular weight excluding hydrogens is 326 g/mol. The Balaban J connectivity index is 1.64. The Bertz CT molecular complexity index is 739. The van der Waals surface area contributed by atoms with Crippen molar-refractivity contribution in [3.8, 4) is 0 Å². The van der Waals surface area contributed by atoms with Gasteiger partial charge in [-0.25, -0.2) is 0 Å². The molecule has 0 aliphatic carbocycles. The number of morpholine rings is 1. The van der Waals surface area contributed by atoms with E-state index in [1.165, 1.54) is 11.1 Å². The lowest BCUT2D eigenvalue weighted by molar-refractivity contribution is -0.00803. The molecule has 1 aliphatic rings. The van der Waals surface area contributed by atoms with Crippen LogP contribution < -0.4 is 5.32 Å². The van der Waals surface area contributed by atoms with Gasteiger partial charge in [-0.05, 0) is 25.8 Å². The van der Waals surface area contributed by atoms with Crippen molar-refractivity contribution in [1.29, 1.82) is 0 Å². The number of aryl methyl sites for hydroxylation is 2. The average Bonchev–Trinajstić information content (AvgIpc) is 3.08. The average molecular weight is 355 g/mol. The van der Waals surface area contributed by atoms with Gasteiger partial charge in [0.05, 0.1) is 19.3 Å². The summed E-state index contributed by atoms with van der Waals surface area (Å²) in [4.78, 5) is 7.14. The summed E-state index contributed by atoms with van der Waals surface area (Å²) in [5.74, 6) is 0.970. The third kappa shape index (κ3) is 4.85. The quantitative estimate of drug-likeness (QED) is 0.661. The Morgan fingerprint density at radius 2 is 2.31 bits per heavy atom. The van der Waals surface area contributed by atoms with Gasteiger partial charge in [0.2, 0.25) is 0 Å². The van der Waals surface area contributed by atoms with E-state index in [1.54, 1.807) is 0 Å². The molecule has 0 saturated carbocycles. The van der Waals surface area contributed by atoms with Crippen LogP contribution in [0.3, 0.4) is 0 Å². The number of nitrogens with one attached hydrogen (secondary N) is 1. The molecule has 1 aliphatic heterocycles. The number of rotatable bonds is 5. The van der Waals surface area contributed by atoms with Crippen molar-refractivity contribution in [2.24, 2.45) is 12.0 Å². The van der Waals surface area contributed by atoms with Crippen LogP contribution >= 0.6 is 0 Å². The van der Waals surface area contributed by atoms with Gasteiger partial charge in [-0.2, -0.15) is 5.10 Å². The fraction of sp³-hybridized carbons (Fsp3) is 0.500. The van der Waals surface area contributed by atoms with Crippen LogP contribution in [0.4, 0.5) is 0 Å². The van der Waals surface area contributed by atoms with E-state index in [0.717, 1.165) is 44.1 Å². The largest absolute Gasteiger partial charge is 0.370 e. The van der Waals surface area contributed by atoms with Crippen LogP contribution in [-0.2, 0) is 18.2 Å². The highest BCUT2D eigenvalue weighted by Crippen LogP contribution is 2.21. The normalized spacial score (nSPS) is 18.2. The van der Waals surface area contributed by atoms with Gasteiger partial charge < -0.3 is 15.0 Å². The molecule has 0 amide bonds. The van der Waals surface area contributed by atoms with Gasteiger partial charge in [0.25, 0.3) is 0 Å². The first-order valence-corrected chi connectivity index (χ1v) is 9.34. The summed E-state index contributed by atoms with van der Waals surface area (Å²) in [6, 6.07) is 8.64. The van der Waals surface area contributed by atoms with E-state index in [9.17, 15) is 0 Å². The first-order valence-electron chi connectivity index (χ1n) is 9.34. The van der Waals surface area contributed by atoms with Crippen LogP contribution in [0.25, 0.3) is 0 Å². The van der Waals surface area contributed by atoms with Crippen LogP contribution in [0.1, 0.15) is 29.7 Å². The van der Waals surface area contributed by atoms with Gasteiger partial charge >= 0.3 is 0 Å². The number of guanidine groups is 1. The van der Waals surface area contributed by atoms with E-state index in [4.69, 9.17) is 9.73 Å². The minimum atomic E-state index is 0.0399. The third-order valence-corrected chi connectivity index (χ3v) is 4.54. The van der Waals surface area contributed by atoms with Gasteiger partial charge in [0, 0.05) is 38.4 Å². The lowest BCUT2D eigenvalue weighted by Crippen LogP contribution is -2.48. The molecule has 0 radical (unpaired) electrons. The molecule has 140 valence electrons. The second-order valence-electron chi connectivity index (χ2n) is 6.73.